The number of nitrogens with one attached hydrogen (secondary N) is 2. The molecule has 2 saturated heterocycles. The number of hydrogen-bond donors (Lipinski definition) is 2. The highest BCUT2D eigenvalue weighted by molar-refractivity contribution is 5.94. The molecule has 29 heavy (non-hydrogen) atoms. The van der Waals surface area contributed by atoms with Crippen molar-refractivity contribution in [3.63, 3.8) is 0 Å². The lowest BCUT2D eigenvalue weighted by Gasteiger charge is -2.37. The summed E-state index contributed by atoms with van der Waals surface area (Å²) < 4.78 is 32.2. The van der Waals surface area contributed by atoms with Gasteiger partial charge in [-0.15, -0.1) is 0 Å². The van der Waals surface area contributed by atoms with Crippen LogP contribution in [0.3, 0.4) is 0 Å². The first-order chi connectivity index (χ1) is 14.0. The first-order valence-electron chi connectivity index (χ1n) is 9.68. The van der Waals surface area contributed by atoms with E-state index < -0.39 is 17.5 Å². The Kier molecular flexibility index (Phi) is 5.75. The van der Waals surface area contributed by atoms with Crippen molar-refractivity contribution in [3.8, 4) is 5.75 Å². The van der Waals surface area contributed by atoms with Gasteiger partial charge in [0.25, 0.3) is 5.91 Å². The van der Waals surface area contributed by atoms with E-state index in [4.69, 9.17) is 4.74 Å². The Morgan fingerprint density at radius 2 is 1.76 bits per heavy atom. The maximum absolute atomic E-state index is 13.9. The smallest absolute Gasteiger partial charge is 0.256 e. The predicted octanol–water partition coefficient (Wildman–Crippen LogP) is 2.30. The quantitative estimate of drug-likeness (QED) is 0.822. The monoisotopic (exact) mass is 402 g/mol. The van der Waals surface area contributed by atoms with Crippen molar-refractivity contribution >= 4 is 5.91 Å². The van der Waals surface area contributed by atoms with Gasteiger partial charge >= 0.3 is 0 Å². The number of methoxy groups -OCH3 is 1. The summed E-state index contributed by atoms with van der Waals surface area (Å²) in [6.07, 6.45) is 1.05. The molecule has 2 heterocycles. The van der Waals surface area contributed by atoms with Crippen molar-refractivity contribution in [1.82, 2.24) is 20.7 Å². The third kappa shape index (κ3) is 4.24. The van der Waals surface area contributed by atoms with Crippen molar-refractivity contribution in [1.29, 1.82) is 0 Å². The molecule has 0 bridgehead atoms. The number of carbonyl (C=O) groups is 1. The molecule has 0 saturated carbocycles. The van der Waals surface area contributed by atoms with Crippen LogP contribution in [0.4, 0.5) is 8.78 Å². The Hall–Kier alpha value is -2.55. The van der Waals surface area contributed by atoms with E-state index in [1.165, 1.54) is 11.6 Å². The van der Waals surface area contributed by atoms with E-state index in [0.29, 0.717) is 26.2 Å². The van der Waals surface area contributed by atoms with Crippen molar-refractivity contribution in [2.24, 2.45) is 0 Å². The third-order valence-corrected chi connectivity index (χ3v) is 5.61. The van der Waals surface area contributed by atoms with Crippen LogP contribution >= 0.6 is 0 Å². The molecule has 6 nitrogen and oxygen atoms in total. The van der Waals surface area contributed by atoms with Crippen molar-refractivity contribution in [2.45, 2.75) is 18.6 Å². The second-order valence-corrected chi connectivity index (χ2v) is 7.32. The van der Waals surface area contributed by atoms with Crippen LogP contribution in [0, 0.1) is 11.6 Å². The Labute approximate surface area is 168 Å². The predicted molar refractivity (Wildman–Crippen MR) is 104 cm³/mol. The summed E-state index contributed by atoms with van der Waals surface area (Å²) in [6, 6.07) is 11.3. The van der Waals surface area contributed by atoms with Crippen LogP contribution in [0.2, 0.25) is 0 Å². The second-order valence-electron chi connectivity index (χ2n) is 7.32. The molecule has 2 N–H and O–H groups in total. The Bertz CT molecular complexity index is 869. The fourth-order valence-electron chi connectivity index (χ4n) is 3.90. The molecular formula is C21H24F2N4O2. The number of rotatable bonds is 4. The molecule has 2 aliphatic rings. The van der Waals surface area contributed by atoms with Gasteiger partial charge in [0.2, 0.25) is 0 Å². The molecule has 2 aromatic rings. The minimum absolute atomic E-state index is 0.0833. The van der Waals surface area contributed by atoms with Gasteiger partial charge < -0.3 is 9.64 Å². The number of ether oxygens (including phenoxy) is 1. The minimum atomic E-state index is -0.818. The van der Waals surface area contributed by atoms with Gasteiger partial charge in [-0.3, -0.25) is 9.69 Å². The molecule has 0 radical (unpaired) electrons. The number of halogens is 2. The molecule has 1 amide bonds. The highest BCUT2D eigenvalue weighted by Gasteiger charge is 2.32. The van der Waals surface area contributed by atoms with Crippen molar-refractivity contribution < 1.29 is 18.3 Å². The van der Waals surface area contributed by atoms with E-state index in [2.05, 4.69) is 27.9 Å². The van der Waals surface area contributed by atoms with Gasteiger partial charge in [0.1, 0.15) is 17.4 Å². The van der Waals surface area contributed by atoms with Crippen LogP contribution in [0.15, 0.2) is 42.5 Å². The molecule has 0 spiro atoms. The Morgan fingerprint density at radius 1 is 1.03 bits per heavy atom. The molecule has 0 aromatic heterocycles. The highest BCUT2D eigenvalue weighted by Crippen LogP contribution is 2.26. The second kappa shape index (κ2) is 8.44. The van der Waals surface area contributed by atoms with E-state index in [9.17, 15) is 13.6 Å². The lowest BCUT2D eigenvalue weighted by atomic mass is 10.0. The maximum atomic E-state index is 13.9. The largest absolute Gasteiger partial charge is 0.497 e. The van der Waals surface area contributed by atoms with Gasteiger partial charge in [-0.1, -0.05) is 12.1 Å². The fourth-order valence-corrected chi connectivity index (χ4v) is 3.90. The van der Waals surface area contributed by atoms with Crippen LogP contribution in [-0.4, -0.2) is 55.2 Å². The molecule has 8 heteroatoms. The van der Waals surface area contributed by atoms with Gasteiger partial charge in [0.15, 0.2) is 0 Å². The van der Waals surface area contributed by atoms with Crippen molar-refractivity contribution in [2.75, 3.05) is 33.3 Å². The summed E-state index contributed by atoms with van der Waals surface area (Å²) in [5, 5.41) is 0. The van der Waals surface area contributed by atoms with Crippen LogP contribution in [0.5, 0.6) is 5.75 Å². The SMILES string of the molecule is COc1ccc(C2CC(N3CCN(C(=O)c4ccc(F)cc4F)CC3)NN2)cc1. The zero-order valence-corrected chi connectivity index (χ0v) is 16.2. The average Bonchev–Trinajstić information content (AvgIpc) is 3.24. The standard InChI is InChI=1S/C21H24F2N4O2/c1-29-16-5-2-14(3-6-16)19-13-20(25-24-19)26-8-10-27(11-9-26)21(28)17-7-4-15(22)12-18(17)23/h2-7,12,19-20,24-25H,8-11,13H2,1H3. The van der Waals surface area contributed by atoms with E-state index in [1.807, 2.05) is 12.1 Å². The van der Waals surface area contributed by atoms with E-state index >= 15 is 0 Å². The molecule has 154 valence electrons. The number of amides is 1. The summed E-state index contributed by atoms with van der Waals surface area (Å²) in [7, 11) is 1.65. The summed E-state index contributed by atoms with van der Waals surface area (Å²) >= 11 is 0. The number of nitrogens with zero attached hydrogens (tertiary/aromatic N) is 2. The Balaban J connectivity index is 1.32. The number of carbonyl (C=O) groups excluding carboxylic acids is 1. The van der Waals surface area contributed by atoms with Gasteiger partial charge in [0.05, 0.1) is 18.8 Å². The molecule has 2 fully saturated rings. The van der Waals surface area contributed by atoms with Crippen LogP contribution < -0.4 is 15.6 Å². The lowest BCUT2D eigenvalue weighted by molar-refractivity contribution is 0.0540. The number of piperazine rings is 1. The first kappa shape index (κ1) is 19.8. The third-order valence-electron chi connectivity index (χ3n) is 5.61. The van der Waals surface area contributed by atoms with Gasteiger partial charge in [-0.2, -0.15) is 0 Å². The molecule has 4 rings (SSSR count). The van der Waals surface area contributed by atoms with Crippen LogP contribution in [-0.2, 0) is 0 Å². The average molecular weight is 402 g/mol. The van der Waals surface area contributed by atoms with Gasteiger partial charge in [-0.05, 0) is 36.2 Å². The molecule has 2 unspecified atom stereocenters. The zero-order valence-electron chi connectivity index (χ0n) is 16.2. The normalized spacial score (nSPS) is 22.7. The highest BCUT2D eigenvalue weighted by atomic mass is 19.1. The fraction of sp³-hybridized carbons (Fsp3) is 0.381. The van der Waals surface area contributed by atoms with Crippen LogP contribution in [0.1, 0.15) is 28.4 Å². The molecule has 2 atom stereocenters. The van der Waals surface area contributed by atoms with Crippen LogP contribution in [0.25, 0.3) is 0 Å². The molecular weight excluding hydrogens is 378 g/mol. The molecule has 2 aromatic carbocycles. The van der Waals surface area contributed by atoms with Crippen molar-refractivity contribution in [3.05, 3.63) is 65.2 Å². The van der Waals surface area contributed by atoms with Gasteiger partial charge in [0, 0.05) is 38.3 Å². The summed E-state index contributed by atoms with van der Waals surface area (Å²) in [5.74, 6) is -1.07. The number of benzene rings is 2. The zero-order chi connectivity index (χ0) is 20.4. The number of hydrogen-bond acceptors (Lipinski definition) is 5. The topological polar surface area (TPSA) is 56.8 Å². The summed E-state index contributed by atoms with van der Waals surface area (Å²) in [5.41, 5.74) is 7.76. The Morgan fingerprint density at radius 3 is 2.41 bits per heavy atom. The lowest BCUT2D eigenvalue weighted by Crippen LogP contribution is -2.55. The minimum Gasteiger partial charge on any atom is -0.497 e. The summed E-state index contributed by atoms with van der Waals surface area (Å²) in [6.45, 7) is 2.37. The van der Waals surface area contributed by atoms with E-state index in [-0.39, 0.29) is 17.8 Å². The number of hydrazine groups is 1. The van der Waals surface area contributed by atoms with E-state index in [0.717, 1.165) is 24.3 Å². The first-order valence-corrected chi connectivity index (χ1v) is 9.68. The van der Waals surface area contributed by atoms with E-state index in [1.54, 1.807) is 12.0 Å². The molecule has 0 aliphatic carbocycles. The van der Waals surface area contributed by atoms with Gasteiger partial charge in [-0.25, -0.2) is 19.6 Å². The maximum Gasteiger partial charge on any atom is 0.256 e. The molecule has 2 aliphatic heterocycles. The summed E-state index contributed by atoms with van der Waals surface area (Å²) in [4.78, 5) is 16.5.